The molecule has 1 N–H and O–H groups in total. The summed E-state index contributed by atoms with van der Waals surface area (Å²) in [6.45, 7) is 0.779. The monoisotopic (exact) mass is 326 g/mol. The highest BCUT2D eigenvalue weighted by Crippen LogP contribution is 2.25. The predicted octanol–water partition coefficient (Wildman–Crippen LogP) is 2.67. The van der Waals surface area contributed by atoms with E-state index >= 15 is 0 Å². The van der Waals surface area contributed by atoms with Crippen molar-refractivity contribution in [1.29, 1.82) is 0 Å². The van der Waals surface area contributed by atoms with Crippen LogP contribution >= 0.6 is 15.9 Å². The van der Waals surface area contributed by atoms with E-state index in [0.29, 0.717) is 6.04 Å². The molecule has 2 rings (SSSR count). The van der Waals surface area contributed by atoms with Crippen molar-refractivity contribution in [3.05, 3.63) is 28.5 Å². The van der Waals surface area contributed by atoms with E-state index in [1.807, 2.05) is 18.3 Å². The molecule has 0 amide bonds. The number of nitrogens with one attached hydrogen (secondary N) is 1. The third kappa shape index (κ3) is 4.28. The largest absolute Gasteiger partial charge is 0.469 e. The average molecular weight is 327 g/mol. The molecule has 0 saturated heterocycles. The Bertz CT molecular complexity index is 414. The molecule has 19 heavy (non-hydrogen) atoms. The fourth-order valence-corrected chi connectivity index (χ4v) is 2.69. The zero-order valence-corrected chi connectivity index (χ0v) is 12.6. The topological polar surface area (TPSA) is 51.2 Å². The van der Waals surface area contributed by atoms with Gasteiger partial charge in [-0.15, -0.1) is 0 Å². The number of hydrogen-bond acceptors (Lipinski definition) is 4. The van der Waals surface area contributed by atoms with Crippen molar-refractivity contribution in [2.24, 2.45) is 5.92 Å². The molecule has 1 saturated carbocycles. The lowest BCUT2D eigenvalue weighted by Crippen LogP contribution is -2.35. The first kappa shape index (κ1) is 14.5. The number of esters is 1. The second kappa shape index (κ2) is 7.01. The van der Waals surface area contributed by atoms with E-state index in [1.165, 1.54) is 7.11 Å². The van der Waals surface area contributed by atoms with Gasteiger partial charge in [-0.3, -0.25) is 9.78 Å². The molecule has 1 aromatic rings. The van der Waals surface area contributed by atoms with Gasteiger partial charge in [0.2, 0.25) is 0 Å². The summed E-state index contributed by atoms with van der Waals surface area (Å²) in [6.07, 6.45) is 5.69. The summed E-state index contributed by atoms with van der Waals surface area (Å²) >= 11 is 3.37. The van der Waals surface area contributed by atoms with Crippen molar-refractivity contribution in [2.75, 3.05) is 7.11 Å². The van der Waals surface area contributed by atoms with Crippen LogP contribution in [0.5, 0.6) is 0 Å². The normalized spacial score (nSPS) is 23.1. The summed E-state index contributed by atoms with van der Waals surface area (Å²) in [5, 5.41) is 3.50. The first-order valence-electron chi connectivity index (χ1n) is 6.60. The molecule has 1 aliphatic carbocycles. The van der Waals surface area contributed by atoms with Crippen LogP contribution in [0.3, 0.4) is 0 Å². The SMILES string of the molecule is COC(=O)C1CCC(NCc2ccc(Br)cn2)CC1. The Balaban J connectivity index is 1.74. The van der Waals surface area contributed by atoms with Gasteiger partial charge in [0.15, 0.2) is 0 Å². The Hall–Kier alpha value is -0.940. The summed E-state index contributed by atoms with van der Waals surface area (Å²) in [4.78, 5) is 15.8. The van der Waals surface area contributed by atoms with Gasteiger partial charge in [-0.25, -0.2) is 0 Å². The predicted molar refractivity (Wildman–Crippen MR) is 76.5 cm³/mol. The van der Waals surface area contributed by atoms with Crippen LogP contribution < -0.4 is 5.32 Å². The number of halogens is 1. The fourth-order valence-electron chi connectivity index (χ4n) is 2.46. The smallest absolute Gasteiger partial charge is 0.308 e. The van der Waals surface area contributed by atoms with E-state index < -0.39 is 0 Å². The fraction of sp³-hybridized carbons (Fsp3) is 0.571. The molecular weight excluding hydrogens is 308 g/mol. The molecule has 4 nitrogen and oxygen atoms in total. The van der Waals surface area contributed by atoms with Gasteiger partial charge in [0, 0.05) is 23.3 Å². The van der Waals surface area contributed by atoms with Crippen molar-refractivity contribution < 1.29 is 9.53 Å². The number of ether oxygens (including phenoxy) is 1. The van der Waals surface area contributed by atoms with E-state index in [-0.39, 0.29) is 11.9 Å². The van der Waals surface area contributed by atoms with Gasteiger partial charge in [0.1, 0.15) is 0 Å². The maximum atomic E-state index is 11.4. The quantitative estimate of drug-likeness (QED) is 0.864. The van der Waals surface area contributed by atoms with Crippen LogP contribution in [-0.2, 0) is 16.1 Å². The molecule has 0 spiro atoms. The molecule has 0 aromatic carbocycles. The minimum atomic E-state index is -0.0620. The Kier molecular flexibility index (Phi) is 5.34. The van der Waals surface area contributed by atoms with Gasteiger partial charge in [0.05, 0.1) is 18.7 Å². The summed E-state index contributed by atoms with van der Waals surface area (Å²) < 4.78 is 5.79. The summed E-state index contributed by atoms with van der Waals surface area (Å²) in [5.74, 6) is 0.0295. The summed E-state index contributed by atoms with van der Waals surface area (Å²) in [5.41, 5.74) is 1.04. The molecule has 104 valence electrons. The van der Waals surface area contributed by atoms with E-state index in [0.717, 1.165) is 42.4 Å². The molecule has 0 atom stereocenters. The van der Waals surface area contributed by atoms with Crippen LogP contribution in [-0.4, -0.2) is 24.1 Å². The molecule has 1 heterocycles. The summed E-state index contributed by atoms with van der Waals surface area (Å²) in [6, 6.07) is 4.49. The van der Waals surface area contributed by atoms with Crippen molar-refractivity contribution in [1.82, 2.24) is 10.3 Å². The number of nitrogens with zero attached hydrogens (tertiary/aromatic N) is 1. The minimum Gasteiger partial charge on any atom is -0.469 e. The molecule has 1 aliphatic rings. The second-order valence-corrected chi connectivity index (χ2v) is 5.84. The molecule has 0 unspecified atom stereocenters. The Labute approximate surface area is 122 Å². The van der Waals surface area contributed by atoms with Crippen LogP contribution in [0, 0.1) is 5.92 Å². The zero-order chi connectivity index (χ0) is 13.7. The molecule has 0 bridgehead atoms. The second-order valence-electron chi connectivity index (χ2n) is 4.92. The molecule has 0 aliphatic heterocycles. The van der Waals surface area contributed by atoms with Crippen molar-refractivity contribution >= 4 is 21.9 Å². The molecule has 1 aromatic heterocycles. The van der Waals surface area contributed by atoms with Crippen molar-refractivity contribution in [3.63, 3.8) is 0 Å². The first-order valence-corrected chi connectivity index (χ1v) is 7.40. The molecule has 0 radical (unpaired) electrons. The lowest BCUT2D eigenvalue weighted by atomic mass is 9.86. The van der Waals surface area contributed by atoms with Gasteiger partial charge in [-0.1, -0.05) is 0 Å². The van der Waals surface area contributed by atoms with Gasteiger partial charge >= 0.3 is 5.97 Å². The van der Waals surface area contributed by atoms with Gasteiger partial charge < -0.3 is 10.1 Å². The lowest BCUT2D eigenvalue weighted by molar-refractivity contribution is -0.146. The minimum absolute atomic E-state index is 0.0620. The van der Waals surface area contributed by atoms with Crippen LogP contribution in [0.2, 0.25) is 0 Å². The number of hydrogen-bond donors (Lipinski definition) is 1. The standard InChI is InChI=1S/C14H19BrN2O2/c1-19-14(18)10-2-5-12(6-3-10)17-9-13-7-4-11(15)8-16-13/h4,7-8,10,12,17H,2-3,5-6,9H2,1H3. The lowest BCUT2D eigenvalue weighted by Gasteiger charge is -2.27. The highest BCUT2D eigenvalue weighted by Gasteiger charge is 2.26. The highest BCUT2D eigenvalue weighted by molar-refractivity contribution is 9.10. The molecule has 1 fully saturated rings. The number of rotatable bonds is 4. The van der Waals surface area contributed by atoms with Crippen molar-refractivity contribution in [2.45, 2.75) is 38.3 Å². The Morgan fingerprint density at radius 3 is 2.74 bits per heavy atom. The third-order valence-electron chi connectivity index (χ3n) is 3.62. The maximum absolute atomic E-state index is 11.4. The Morgan fingerprint density at radius 2 is 2.16 bits per heavy atom. The highest BCUT2D eigenvalue weighted by atomic mass is 79.9. The van der Waals surface area contributed by atoms with Crippen molar-refractivity contribution in [3.8, 4) is 0 Å². The van der Waals surface area contributed by atoms with Crippen LogP contribution in [0.4, 0.5) is 0 Å². The van der Waals surface area contributed by atoms with Crippen LogP contribution in [0.15, 0.2) is 22.8 Å². The summed E-state index contributed by atoms with van der Waals surface area (Å²) in [7, 11) is 1.46. The van der Waals surface area contributed by atoms with Gasteiger partial charge in [-0.05, 0) is 53.7 Å². The number of pyridine rings is 1. The number of carbonyl (C=O) groups is 1. The average Bonchev–Trinajstić information content (AvgIpc) is 2.46. The van der Waals surface area contributed by atoms with Gasteiger partial charge in [0.25, 0.3) is 0 Å². The number of aromatic nitrogens is 1. The Morgan fingerprint density at radius 1 is 1.42 bits per heavy atom. The van der Waals surface area contributed by atoms with E-state index in [2.05, 4.69) is 26.2 Å². The maximum Gasteiger partial charge on any atom is 0.308 e. The molecule has 5 heteroatoms. The van der Waals surface area contributed by atoms with E-state index in [1.54, 1.807) is 0 Å². The molecular formula is C14H19BrN2O2. The zero-order valence-electron chi connectivity index (χ0n) is 11.1. The number of carbonyl (C=O) groups excluding carboxylic acids is 1. The van der Waals surface area contributed by atoms with E-state index in [9.17, 15) is 4.79 Å². The van der Waals surface area contributed by atoms with Gasteiger partial charge in [-0.2, -0.15) is 0 Å². The van der Waals surface area contributed by atoms with Crippen LogP contribution in [0.1, 0.15) is 31.4 Å². The van der Waals surface area contributed by atoms with Crippen LogP contribution in [0.25, 0.3) is 0 Å². The number of methoxy groups -OCH3 is 1. The third-order valence-corrected chi connectivity index (χ3v) is 4.09. The van der Waals surface area contributed by atoms with E-state index in [4.69, 9.17) is 4.74 Å². The first-order chi connectivity index (χ1) is 9.19.